The van der Waals surface area contributed by atoms with Gasteiger partial charge in [0, 0.05) is 98.8 Å². The van der Waals surface area contributed by atoms with Crippen molar-refractivity contribution < 1.29 is 48.1 Å². The molecule has 0 saturated carbocycles. The predicted molar refractivity (Wildman–Crippen MR) is 406 cm³/mol. The number of likely N-dealkylation sites (tertiary alicyclic amines) is 4. The molecule has 29 heteroatoms. The van der Waals surface area contributed by atoms with Crippen molar-refractivity contribution in [1.29, 1.82) is 0 Å². The first kappa shape index (κ1) is 85.6. The number of aromatic hydroxyl groups is 1. The molecule has 6 heterocycles. The molecule has 0 amide bonds. The van der Waals surface area contributed by atoms with Crippen molar-refractivity contribution >= 4 is 75.9 Å². The summed E-state index contributed by atoms with van der Waals surface area (Å²) < 4.78 is 39.2. The lowest BCUT2D eigenvalue weighted by Crippen LogP contribution is -2.22. The van der Waals surface area contributed by atoms with Crippen molar-refractivity contribution in [3.05, 3.63) is 122 Å². The van der Waals surface area contributed by atoms with Gasteiger partial charge in [-0.3, -0.25) is 20.2 Å². The summed E-state index contributed by atoms with van der Waals surface area (Å²) in [5, 5.41) is 39.8. The van der Waals surface area contributed by atoms with Crippen molar-refractivity contribution in [2.45, 2.75) is 119 Å². The summed E-state index contributed by atoms with van der Waals surface area (Å²) in [7, 11) is 3.63. The van der Waals surface area contributed by atoms with Crippen LogP contribution in [0.5, 0.6) is 46.0 Å². The van der Waals surface area contributed by atoms with E-state index in [1.807, 2.05) is 90.2 Å². The van der Waals surface area contributed by atoms with Gasteiger partial charge in [-0.15, -0.1) is 24.0 Å². The van der Waals surface area contributed by atoms with E-state index in [1.54, 1.807) is 20.0 Å². The van der Waals surface area contributed by atoms with E-state index in [1.165, 1.54) is 135 Å². The van der Waals surface area contributed by atoms with Gasteiger partial charge in [0.2, 0.25) is 11.2 Å². The Bertz CT molecular complexity index is 3290. The lowest BCUT2D eigenvalue weighted by atomic mass is 10.2. The number of nitrogens with one attached hydrogen (secondary N) is 3. The minimum atomic E-state index is -0.574. The van der Waals surface area contributed by atoms with Crippen LogP contribution in [-0.2, 0) is 0 Å². The summed E-state index contributed by atoms with van der Waals surface area (Å²) in [4.78, 5) is 46.7. The largest absolute Gasteiger partial charge is 0.504 e. The first-order valence-electron chi connectivity index (χ1n) is 35.1. The van der Waals surface area contributed by atoms with Gasteiger partial charge < -0.3 is 79.5 Å². The highest BCUT2D eigenvalue weighted by Crippen LogP contribution is 2.35. The first-order valence-corrected chi connectivity index (χ1v) is 36.0. The Balaban J connectivity index is 0.000000267. The molecule has 6 aromatic rings. The second kappa shape index (κ2) is 49.7. The molecule has 10 rings (SSSR count). The highest BCUT2D eigenvalue weighted by atomic mass is 35.5. The summed E-state index contributed by atoms with van der Waals surface area (Å²) in [5.41, 5.74) is 8.99. The molecule has 0 aliphatic carbocycles. The van der Waals surface area contributed by atoms with Crippen LogP contribution in [-0.4, -0.2) is 199 Å². The maximum absolute atomic E-state index is 10.8. The molecule has 101 heavy (non-hydrogen) atoms. The molecule has 4 aliphatic rings. The molecule has 4 saturated heterocycles. The second-order valence-electron chi connectivity index (χ2n) is 23.7. The fourth-order valence-electron chi connectivity index (χ4n) is 11.0. The van der Waals surface area contributed by atoms with Gasteiger partial charge in [0.25, 0.3) is 11.4 Å². The van der Waals surface area contributed by atoms with Crippen molar-refractivity contribution in [3.8, 4) is 46.0 Å². The average Bonchev–Trinajstić information content (AvgIpc) is 1.58. The van der Waals surface area contributed by atoms with E-state index in [-0.39, 0.29) is 40.6 Å². The number of phenolic OH excluding ortho intramolecular Hbond substituents is 1. The first-order chi connectivity index (χ1) is 48.5. The van der Waals surface area contributed by atoms with Crippen LogP contribution in [0.4, 0.5) is 40.3 Å². The van der Waals surface area contributed by atoms with Crippen LogP contribution in [0.15, 0.2) is 84.9 Å². The van der Waals surface area contributed by atoms with Crippen LogP contribution in [0.3, 0.4) is 0 Å². The van der Waals surface area contributed by atoms with E-state index < -0.39 is 9.85 Å². The summed E-state index contributed by atoms with van der Waals surface area (Å²) >= 11 is 11.1. The number of anilines is 5. The zero-order valence-corrected chi connectivity index (χ0v) is 62.7. The number of nitro groups is 2. The van der Waals surface area contributed by atoms with Crippen LogP contribution in [0.25, 0.3) is 0 Å². The number of hydrogen-bond acceptors (Lipinski definition) is 24. The number of rotatable bonds is 32. The highest BCUT2D eigenvalue weighted by Gasteiger charge is 2.18. The Labute approximate surface area is 613 Å². The average molecular weight is 1470 g/mol. The quantitative estimate of drug-likeness (QED) is 0.00654. The summed E-state index contributed by atoms with van der Waals surface area (Å²) in [6.07, 6.45) is 14.8. The Morgan fingerprint density at radius 2 is 0.861 bits per heavy atom. The van der Waals surface area contributed by atoms with Gasteiger partial charge >= 0.3 is 0 Å². The zero-order chi connectivity index (χ0) is 72.3. The molecule has 0 radical (unpaired) electrons. The standard InChI is InChI=1S/C21H31N5O2.C15H22N2O4.C15H24N2O2.C8H9NO4.C7H14ClN.C6H8ClN3.ClH/c1-4-27-18-9-8-17(24-21-23-16(2)14-20(22-3)25-21)15-19(18)28-13-7-12-26-10-5-6-11-26;1-2-20-14-7-6-13(17(18)19)12-15(14)21-11-5-10-16-8-3-4-9-16;1-2-18-14-7-6-13(16)12-15(14)19-11-5-10-17-8-3-4-9-17;1-2-13-8-4-3-6(9(11)12)5-7(8)10;8-4-3-7-9-5-1-2-6-9;1-4-3-5(8-2)10-6(7)9-4;/h8-9,14-15H,4-7,10-13H2,1-3H3,(H2,22,23,24,25);6-7,12H,2-5,8-11H2,1H3;6-7,12H,2-5,8-11,16H2,1H3;3-5,10H,2H2,1H3;1-7H2;3H,1-2H3,(H,8,9,10);1H. The SMILES string of the molecule is CCOc1ccc(N)cc1OCCCN1CCCC1.CCOc1ccc(Nc2nc(C)cc(NC)n2)cc1OCCCN1CCCC1.CCOc1ccc([N+](=O)[O-])cc1O.CCOc1ccc([N+](=O)[O-])cc1OCCCN1CCCC1.CNc1cc(C)nc(Cl)n1.Cl.ClCCCN1CCCC1. The summed E-state index contributed by atoms with van der Waals surface area (Å²) in [6, 6.07) is 23.3. The molecule has 0 spiro atoms. The van der Waals surface area contributed by atoms with Crippen molar-refractivity contribution in [3.63, 3.8) is 0 Å². The molecule has 4 aromatic carbocycles. The normalized spacial score (nSPS) is 14.0. The number of ether oxygens (including phenoxy) is 7. The topological polar surface area (TPSA) is 298 Å². The Morgan fingerprint density at radius 1 is 0.485 bits per heavy atom. The number of nitrogens with zero attached hydrogens (tertiary/aromatic N) is 10. The zero-order valence-electron chi connectivity index (χ0n) is 60.4. The Morgan fingerprint density at radius 3 is 1.28 bits per heavy atom. The second-order valence-corrected chi connectivity index (χ2v) is 24.5. The number of hydrogen-bond donors (Lipinski definition) is 5. The number of non-ortho nitro benzene ring substituents is 2. The maximum Gasteiger partial charge on any atom is 0.273 e. The molecule has 0 unspecified atom stereocenters. The van der Waals surface area contributed by atoms with Crippen molar-refractivity contribution in [2.75, 3.05) is 166 Å². The molecule has 0 bridgehead atoms. The minimum absolute atomic E-state index is 0. The van der Waals surface area contributed by atoms with Crippen LogP contribution >= 0.6 is 35.6 Å². The summed E-state index contributed by atoms with van der Waals surface area (Å²) in [6.45, 7) is 29.7. The lowest BCUT2D eigenvalue weighted by Gasteiger charge is -2.16. The van der Waals surface area contributed by atoms with Crippen molar-refractivity contribution in [1.82, 2.24) is 39.5 Å². The number of halogens is 3. The predicted octanol–water partition coefficient (Wildman–Crippen LogP) is 14.5. The smallest absolute Gasteiger partial charge is 0.273 e. The van der Waals surface area contributed by atoms with Gasteiger partial charge in [0.05, 0.1) is 68.2 Å². The number of nitro benzene ring substituents is 2. The summed E-state index contributed by atoms with van der Waals surface area (Å²) in [5.74, 6) is 6.98. The fraction of sp³-hybridized carbons (Fsp3) is 0.556. The van der Waals surface area contributed by atoms with Crippen LogP contribution in [0.1, 0.15) is 116 Å². The molecule has 2 aromatic heterocycles. The third-order valence-corrected chi connectivity index (χ3v) is 16.3. The van der Waals surface area contributed by atoms with Gasteiger partial charge in [0.1, 0.15) is 11.6 Å². The van der Waals surface area contributed by atoms with E-state index in [4.69, 9.17) is 62.1 Å². The van der Waals surface area contributed by atoms with E-state index in [0.29, 0.717) is 69.4 Å². The molecule has 560 valence electrons. The third-order valence-electron chi connectivity index (χ3n) is 15.9. The fourth-order valence-corrected chi connectivity index (χ4v) is 11.4. The number of aryl methyl sites for hydroxylation is 2. The van der Waals surface area contributed by atoms with E-state index in [2.05, 4.69) is 55.5 Å². The number of nitrogen functional groups attached to an aromatic ring is 1. The van der Waals surface area contributed by atoms with Gasteiger partial charge in [0.15, 0.2) is 46.0 Å². The minimum Gasteiger partial charge on any atom is -0.504 e. The van der Waals surface area contributed by atoms with Crippen molar-refractivity contribution in [2.24, 2.45) is 0 Å². The molecule has 6 N–H and O–H groups in total. The third kappa shape index (κ3) is 33.7. The number of phenols is 1. The van der Waals surface area contributed by atoms with Gasteiger partial charge in [-0.2, -0.15) is 4.98 Å². The molecule has 0 atom stereocenters. The number of alkyl halides is 1. The van der Waals surface area contributed by atoms with Gasteiger partial charge in [-0.1, -0.05) is 0 Å². The van der Waals surface area contributed by atoms with E-state index >= 15 is 0 Å². The Kier molecular flexibility index (Phi) is 42.1. The van der Waals surface area contributed by atoms with Crippen LogP contribution in [0.2, 0.25) is 5.28 Å². The Hall–Kier alpha value is -7.85. The number of nitrogens with two attached hydrogens (primary N) is 1. The molecular weight excluding hydrogens is 1360 g/mol. The van der Waals surface area contributed by atoms with E-state index in [9.17, 15) is 25.3 Å². The molecule has 4 fully saturated rings. The number of benzene rings is 4. The maximum atomic E-state index is 10.8. The molecule has 26 nitrogen and oxygen atoms in total. The highest BCUT2D eigenvalue weighted by molar-refractivity contribution is 6.28. The van der Waals surface area contributed by atoms with Crippen LogP contribution in [0, 0.1) is 34.1 Å². The van der Waals surface area contributed by atoms with Gasteiger partial charge in [-0.05, 0) is 225 Å². The number of aromatic nitrogens is 4. The molecule has 4 aliphatic heterocycles. The van der Waals surface area contributed by atoms with Crippen LogP contribution < -0.4 is 54.8 Å². The van der Waals surface area contributed by atoms with Gasteiger partial charge in [-0.25, -0.2) is 15.0 Å². The lowest BCUT2D eigenvalue weighted by molar-refractivity contribution is -0.385. The van der Waals surface area contributed by atoms with E-state index in [0.717, 1.165) is 109 Å². The molecular formula is C72H109Cl3N14O12. The monoisotopic (exact) mass is 1470 g/mol.